The molecular weight excluding hydrogens is 220 g/mol. The molecule has 0 fully saturated rings. The summed E-state index contributed by atoms with van der Waals surface area (Å²) >= 11 is 0. The highest BCUT2D eigenvalue weighted by atomic mass is 16.5. The second-order valence-electron chi connectivity index (χ2n) is 4.64. The van der Waals surface area contributed by atoms with E-state index in [1.54, 1.807) is 6.92 Å². The molecule has 0 spiro atoms. The van der Waals surface area contributed by atoms with E-state index in [0.717, 1.165) is 0 Å². The molecule has 0 atom stereocenters. The Morgan fingerprint density at radius 1 is 1.00 bits per heavy atom. The van der Waals surface area contributed by atoms with Crippen LogP contribution in [0, 0.1) is 5.41 Å². The molecule has 0 saturated heterocycles. The van der Waals surface area contributed by atoms with Gasteiger partial charge in [-0.2, -0.15) is 0 Å². The largest absolute Gasteiger partial charge is 0.463 e. The van der Waals surface area contributed by atoms with E-state index in [9.17, 15) is 9.59 Å². The summed E-state index contributed by atoms with van der Waals surface area (Å²) in [5.41, 5.74) is -0.0513. The molecule has 0 saturated carbocycles. The van der Waals surface area contributed by atoms with Crippen LogP contribution in [0.4, 0.5) is 0 Å². The highest BCUT2D eigenvalue weighted by molar-refractivity contribution is 5.84. The molecule has 0 aliphatic carbocycles. The van der Waals surface area contributed by atoms with Crippen molar-refractivity contribution in [1.29, 1.82) is 0 Å². The molecule has 96 valence electrons. The molecule has 0 heterocycles. The van der Waals surface area contributed by atoms with Crippen molar-refractivity contribution in [2.24, 2.45) is 5.41 Å². The van der Waals surface area contributed by atoms with Gasteiger partial charge in [0, 0.05) is 12.2 Å². The third kappa shape index (κ3) is 10.7. The van der Waals surface area contributed by atoms with Gasteiger partial charge in [0.05, 0.1) is 13.2 Å². The van der Waals surface area contributed by atoms with Gasteiger partial charge in [-0.05, 0) is 12.3 Å². The molecule has 0 radical (unpaired) electrons. The minimum atomic E-state index is -0.430. The molecule has 4 heteroatoms. The zero-order valence-electron chi connectivity index (χ0n) is 10.9. The molecule has 0 aliphatic heterocycles. The van der Waals surface area contributed by atoms with Crippen LogP contribution in [-0.2, 0) is 19.1 Å². The van der Waals surface area contributed by atoms with Crippen molar-refractivity contribution in [3.63, 3.8) is 0 Å². The zero-order valence-corrected chi connectivity index (χ0v) is 10.9. The summed E-state index contributed by atoms with van der Waals surface area (Å²) in [6, 6.07) is 0. The number of carbonyl (C=O) groups excluding carboxylic acids is 2. The van der Waals surface area contributed by atoms with Crippen LogP contribution in [0.3, 0.4) is 0 Å². The van der Waals surface area contributed by atoms with Crippen LogP contribution in [0.15, 0.2) is 24.3 Å². The molecule has 0 aliphatic rings. The van der Waals surface area contributed by atoms with Crippen LogP contribution < -0.4 is 0 Å². The summed E-state index contributed by atoms with van der Waals surface area (Å²) < 4.78 is 9.65. The van der Waals surface area contributed by atoms with Crippen LogP contribution in [0.1, 0.15) is 27.7 Å². The maximum absolute atomic E-state index is 11.2. The van der Waals surface area contributed by atoms with E-state index < -0.39 is 11.9 Å². The first kappa shape index (κ1) is 15.4. The molecule has 0 aromatic rings. The fraction of sp³-hybridized carbons (Fsp3) is 0.538. The summed E-state index contributed by atoms with van der Waals surface area (Å²) in [4.78, 5) is 22.1. The molecule has 17 heavy (non-hydrogen) atoms. The second-order valence-corrected chi connectivity index (χ2v) is 4.64. The molecule has 0 amide bonds. The maximum atomic E-state index is 11.2. The van der Waals surface area contributed by atoms with Crippen LogP contribution >= 0.6 is 0 Å². The van der Waals surface area contributed by atoms with Crippen molar-refractivity contribution in [3.8, 4) is 0 Å². The van der Waals surface area contributed by atoms with Gasteiger partial charge in [0.15, 0.2) is 0 Å². The topological polar surface area (TPSA) is 52.6 Å². The summed E-state index contributed by atoms with van der Waals surface area (Å²) in [6.45, 7) is 8.35. The van der Waals surface area contributed by atoms with Gasteiger partial charge in [-0.15, -0.1) is 0 Å². The van der Waals surface area contributed by atoms with Crippen molar-refractivity contribution < 1.29 is 19.1 Å². The van der Waals surface area contributed by atoms with Crippen LogP contribution in [0.25, 0.3) is 0 Å². The Morgan fingerprint density at radius 2 is 1.47 bits per heavy atom. The lowest BCUT2D eigenvalue weighted by Crippen LogP contribution is -2.17. The summed E-state index contributed by atoms with van der Waals surface area (Å²) in [5, 5.41) is 0. The molecular formula is C13H20O4. The average molecular weight is 240 g/mol. The number of hydrogen-bond acceptors (Lipinski definition) is 4. The Morgan fingerprint density at radius 3 is 1.88 bits per heavy atom. The first-order chi connectivity index (χ1) is 7.85. The third-order valence-electron chi connectivity index (χ3n) is 1.51. The lowest BCUT2D eigenvalue weighted by Gasteiger charge is -2.16. The summed E-state index contributed by atoms with van der Waals surface area (Å²) in [7, 11) is 0. The monoisotopic (exact) mass is 240 g/mol. The normalized spacial score (nSPS) is 12.0. The standard InChI is InChI=1S/C13H20O4/c1-5-16-11(14)8-6-7-9-12(15)17-10-13(2,3)4/h6-9H,5,10H2,1-4H3/b8-6-,9-7-. The van der Waals surface area contributed by atoms with Gasteiger partial charge in [-0.1, -0.05) is 32.9 Å². The Labute approximate surface area is 102 Å². The lowest BCUT2D eigenvalue weighted by molar-refractivity contribution is -0.140. The number of carbonyl (C=O) groups is 2. The number of esters is 2. The van der Waals surface area contributed by atoms with Gasteiger partial charge < -0.3 is 9.47 Å². The highest BCUT2D eigenvalue weighted by Gasteiger charge is 2.11. The summed E-state index contributed by atoms with van der Waals surface area (Å²) in [5.74, 6) is -0.853. The smallest absolute Gasteiger partial charge is 0.330 e. The third-order valence-corrected chi connectivity index (χ3v) is 1.51. The van der Waals surface area contributed by atoms with Crippen molar-refractivity contribution in [1.82, 2.24) is 0 Å². The summed E-state index contributed by atoms with van der Waals surface area (Å²) in [6.07, 6.45) is 5.40. The fourth-order valence-electron chi connectivity index (χ4n) is 0.794. The van der Waals surface area contributed by atoms with Crippen LogP contribution in [0.5, 0.6) is 0 Å². The lowest BCUT2D eigenvalue weighted by atomic mass is 9.99. The average Bonchev–Trinajstić information content (AvgIpc) is 2.21. The van der Waals surface area contributed by atoms with Crippen molar-refractivity contribution >= 4 is 11.9 Å². The van der Waals surface area contributed by atoms with E-state index in [1.165, 1.54) is 24.3 Å². The Kier molecular flexibility index (Phi) is 6.94. The van der Waals surface area contributed by atoms with Gasteiger partial charge in [-0.25, -0.2) is 9.59 Å². The molecule has 0 aromatic carbocycles. The van der Waals surface area contributed by atoms with Gasteiger partial charge in [-0.3, -0.25) is 0 Å². The van der Waals surface area contributed by atoms with Crippen LogP contribution in [-0.4, -0.2) is 25.2 Å². The molecule has 0 unspecified atom stereocenters. The first-order valence-electron chi connectivity index (χ1n) is 5.53. The fourth-order valence-corrected chi connectivity index (χ4v) is 0.794. The van der Waals surface area contributed by atoms with E-state index in [2.05, 4.69) is 4.74 Å². The van der Waals surface area contributed by atoms with Crippen molar-refractivity contribution in [3.05, 3.63) is 24.3 Å². The zero-order chi connectivity index (χ0) is 13.3. The minimum absolute atomic E-state index is 0.0513. The molecule has 0 aromatic heterocycles. The Balaban J connectivity index is 3.93. The number of hydrogen-bond donors (Lipinski definition) is 0. The Hall–Kier alpha value is -1.58. The van der Waals surface area contributed by atoms with E-state index in [1.807, 2.05) is 20.8 Å². The molecule has 0 rings (SSSR count). The van der Waals surface area contributed by atoms with Gasteiger partial charge in [0.25, 0.3) is 0 Å². The van der Waals surface area contributed by atoms with Gasteiger partial charge in [0.2, 0.25) is 0 Å². The SMILES string of the molecule is CCOC(=O)/C=C\C=C/C(=O)OCC(C)(C)C. The van der Waals surface area contributed by atoms with Crippen molar-refractivity contribution in [2.75, 3.05) is 13.2 Å². The molecule has 0 bridgehead atoms. The highest BCUT2D eigenvalue weighted by Crippen LogP contribution is 2.12. The quantitative estimate of drug-likeness (QED) is 0.420. The number of ether oxygens (including phenoxy) is 2. The Bertz CT molecular complexity index is 308. The van der Waals surface area contributed by atoms with Gasteiger partial charge in [0.1, 0.15) is 0 Å². The predicted molar refractivity (Wildman–Crippen MR) is 65.3 cm³/mol. The van der Waals surface area contributed by atoms with E-state index >= 15 is 0 Å². The first-order valence-corrected chi connectivity index (χ1v) is 5.53. The maximum Gasteiger partial charge on any atom is 0.330 e. The van der Waals surface area contributed by atoms with Crippen molar-refractivity contribution in [2.45, 2.75) is 27.7 Å². The number of rotatable bonds is 5. The molecule has 4 nitrogen and oxygen atoms in total. The van der Waals surface area contributed by atoms with Gasteiger partial charge >= 0.3 is 11.9 Å². The van der Waals surface area contributed by atoms with Crippen LogP contribution in [0.2, 0.25) is 0 Å². The van der Waals surface area contributed by atoms with E-state index in [-0.39, 0.29) is 5.41 Å². The predicted octanol–water partition coefficient (Wildman–Crippen LogP) is 2.25. The second kappa shape index (κ2) is 7.65. The minimum Gasteiger partial charge on any atom is -0.463 e. The number of allylic oxidation sites excluding steroid dienone is 2. The van der Waals surface area contributed by atoms with E-state index in [4.69, 9.17) is 4.74 Å². The van der Waals surface area contributed by atoms with E-state index in [0.29, 0.717) is 13.2 Å². The molecule has 0 N–H and O–H groups in total.